The van der Waals surface area contributed by atoms with Crippen LogP contribution >= 0.6 is 0 Å². The Bertz CT molecular complexity index is 321. The summed E-state index contributed by atoms with van der Waals surface area (Å²) in [5.74, 6) is 0.808. The molecule has 0 aromatic heterocycles. The third-order valence-electron chi connectivity index (χ3n) is 3.61. The lowest BCUT2D eigenvalue weighted by molar-refractivity contribution is 0.0469. The van der Waals surface area contributed by atoms with Gasteiger partial charge in [0.15, 0.2) is 0 Å². The summed E-state index contributed by atoms with van der Waals surface area (Å²) in [4.78, 5) is 11.8. The van der Waals surface area contributed by atoms with Gasteiger partial charge in [-0.1, -0.05) is 19.8 Å². The monoisotopic (exact) mass is 284 g/mol. The van der Waals surface area contributed by atoms with Gasteiger partial charge < -0.3 is 15.4 Å². The molecular formula is C16H32N2O2. The van der Waals surface area contributed by atoms with Gasteiger partial charge in [0, 0.05) is 12.6 Å². The summed E-state index contributed by atoms with van der Waals surface area (Å²) in [6.07, 6.45) is 4.78. The Morgan fingerprint density at radius 3 is 2.40 bits per heavy atom. The second-order valence-electron chi connectivity index (χ2n) is 7.86. The molecule has 0 saturated heterocycles. The predicted molar refractivity (Wildman–Crippen MR) is 82.9 cm³/mol. The van der Waals surface area contributed by atoms with Crippen molar-refractivity contribution in [2.24, 2.45) is 5.92 Å². The third-order valence-corrected chi connectivity index (χ3v) is 3.61. The van der Waals surface area contributed by atoms with E-state index in [1.807, 2.05) is 34.6 Å². The highest BCUT2D eigenvalue weighted by atomic mass is 16.6. The molecule has 4 nitrogen and oxygen atoms in total. The number of carbonyl (C=O) groups is 1. The van der Waals surface area contributed by atoms with E-state index in [1.54, 1.807) is 0 Å². The summed E-state index contributed by atoms with van der Waals surface area (Å²) in [5.41, 5.74) is -0.755. The smallest absolute Gasteiger partial charge is 0.408 e. The first-order chi connectivity index (χ1) is 9.07. The Labute approximate surface area is 124 Å². The highest BCUT2D eigenvalue weighted by Crippen LogP contribution is 2.23. The van der Waals surface area contributed by atoms with Gasteiger partial charge in [-0.15, -0.1) is 0 Å². The number of alkyl carbamates (subject to hydrolysis) is 1. The standard InChI is InChI=1S/C16H32N2O2/c1-12-8-7-9-13(10-12)17-11-16(5,6)18-14(19)20-15(2,3)4/h12-13,17H,7-11H2,1-6H3,(H,18,19). The van der Waals surface area contributed by atoms with Crippen LogP contribution in [0.4, 0.5) is 4.79 Å². The second kappa shape index (κ2) is 6.79. The van der Waals surface area contributed by atoms with Crippen LogP contribution in [0.15, 0.2) is 0 Å². The molecule has 1 saturated carbocycles. The molecule has 20 heavy (non-hydrogen) atoms. The van der Waals surface area contributed by atoms with Crippen LogP contribution in [-0.4, -0.2) is 29.8 Å². The van der Waals surface area contributed by atoms with Crippen LogP contribution in [0, 0.1) is 5.92 Å². The Balaban J connectivity index is 2.35. The molecule has 0 spiro atoms. The van der Waals surface area contributed by atoms with E-state index in [2.05, 4.69) is 17.6 Å². The summed E-state index contributed by atoms with van der Waals surface area (Å²) >= 11 is 0. The maximum atomic E-state index is 11.8. The van der Waals surface area contributed by atoms with E-state index in [9.17, 15) is 4.79 Å². The van der Waals surface area contributed by atoms with E-state index in [1.165, 1.54) is 25.7 Å². The second-order valence-corrected chi connectivity index (χ2v) is 7.86. The van der Waals surface area contributed by atoms with Crippen molar-refractivity contribution < 1.29 is 9.53 Å². The largest absolute Gasteiger partial charge is 0.444 e. The normalized spacial score (nSPS) is 24.3. The first-order valence-corrected chi connectivity index (χ1v) is 7.82. The number of nitrogens with one attached hydrogen (secondary N) is 2. The number of ether oxygens (including phenoxy) is 1. The van der Waals surface area contributed by atoms with Crippen LogP contribution in [-0.2, 0) is 4.74 Å². The maximum absolute atomic E-state index is 11.8. The quantitative estimate of drug-likeness (QED) is 0.831. The minimum Gasteiger partial charge on any atom is -0.444 e. The van der Waals surface area contributed by atoms with Crippen molar-refractivity contribution in [2.75, 3.05) is 6.54 Å². The molecular weight excluding hydrogens is 252 g/mol. The van der Waals surface area contributed by atoms with Gasteiger partial charge in [0.05, 0.1) is 5.54 Å². The Morgan fingerprint density at radius 2 is 1.85 bits per heavy atom. The number of carbonyl (C=O) groups excluding carboxylic acids is 1. The van der Waals surface area contributed by atoms with Gasteiger partial charge in [0.25, 0.3) is 0 Å². The SMILES string of the molecule is CC1CCCC(NCC(C)(C)NC(=O)OC(C)(C)C)C1. The van der Waals surface area contributed by atoms with Gasteiger partial charge in [-0.05, 0) is 53.4 Å². The van der Waals surface area contributed by atoms with Gasteiger partial charge in [0.2, 0.25) is 0 Å². The lowest BCUT2D eigenvalue weighted by Crippen LogP contribution is -2.53. The summed E-state index contributed by atoms with van der Waals surface area (Å²) in [5, 5.41) is 6.53. The Morgan fingerprint density at radius 1 is 1.20 bits per heavy atom. The molecule has 0 aromatic rings. The van der Waals surface area contributed by atoms with Crippen molar-refractivity contribution in [2.45, 2.75) is 84.4 Å². The zero-order chi connectivity index (χ0) is 15.4. The number of amides is 1. The lowest BCUT2D eigenvalue weighted by Gasteiger charge is -2.33. The summed E-state index contributed by atoms with van der Waals surface area (Å²) < 4.78 is 5.30. The molecule has 0 radical (unpaired) electrons. The summed E-state index contributed by atoms with van der Waals surface area (Å²) in [6, 6.07) is 0.582. The summed E-state index contributed by atoms with van der Waals surface area (Å²) in [7, 11) is 0. The van der Waals surface area contributed by atoms with Crippen molar-refractivity contribution in [1.82, 2.24) is 10.6 Å². The van der Waals surface area contributed by atoms with Gasteiger partial charge in [-0.25, -0.2) is 4.79 Å². The molecule has 0 aromatic carbocycles. The van der Waals surface area contributed by atoms with Crippen LogP contribution < -0.4 is 10.6 Å². The van der Waals surface area contributed by atoms with Gasteiger partial charge >= 0.3 is 6.09 Å². The zero-order valence-corrected chi connectivity index (χ0v) is 14.0. The van der Waals surface area contributed by atoms with Crippen LogP contribution in [0.1, 0.15) is 67.2 Å². The van der Waals surface area contributed by atoms with E-state index in [-0.39, 0.29) is 11.6 Å². The Kier molecular flexibility index (Phi) is 5.87. The van der Waals surface area contributed by atoms with Gasteiger partial charge in [-0.2, -0.15) is 0 Å². The molecule has 1 rings (SSSR count). The molecule has 2 unspecified atom stereocenters. The fourth-order valence-electron chi connectivity index (χ4n) is 2.64. The van der Waals surface area contributed by atoms with Gasteiger partial charge in [0.1, 0.15) is 5.60 Å². The molecule has 0 aliphatic heterocycles. The molecule has 1 aliphatic rings. The van der Waals surface area contributed by atoms with E-state index in [0.717, 1.165) is 12.5 Å². The number of hydrogen-bond acceptors (Lipinski definition) is 3. The van der Waals surface area contributed by atoms with E-state index in [4.69, 9.17) is 4.74 Å². The van der Waals surface area contributed by atoms with Crippen molar-refractivity contribution in [3.05, 3.63) is 0 Å². The maximum Gasteiger partial charge on any atom is 0.408 e. The van der Waals surface area contributed by atoms with Crippen molar-refractivity contribution in [3.8, 4) is 0 Å². The summed E-state index contributed by atoms with van der Waals surface area (Å²) in [6.45, 7) is 12.8. The van der Waals surface area contributed by atoms with Crippen molar-refractivity contribution in [3.63, 3.8) is 0 Å². The van der Waals surface area contributed by atoms with E-state index in [0.29, 0.717) is 6.04 Å². The van der Waals surface area contributed by atoms with E-state index < -0.39 is 5.60 Å². The zero-order valence-electron chi connectivity index (χ0n) is 14.0. The highest BCUT2D eigenvalue weighted by Gasteiger charge is 2.26. The van der Waals surface area contributed by atoms with Crippen LogP contribution in [0.2, 0.25) is 0 Å². The topological polar surface area (TPSA) is 50.4 Å². The lowest BCUT2D eigenvalue weighted by atomic mass is 9.87. The first kappa shape index (κ1) is 17.3. The third kappa shape index (κ3) is 7.13. The van der Waals surface area contributed by atoms with Crippen molar-refractivity contribution >= 4 is 6.09 Å². The molecule has 2 N–H and O–H groups in total. The van der Waals surface area contributed by atoms with E-state index >= 15 is 0 Å². The molecule has 2 atom stereocenters. The van der Waals surface area contributed by atoms with Crippen LogP contribution in [0.5, 0.6) is 0 Å². The molecule has 0 heterocycles. The van der Waals surface area contributed by atoms with Gasteiger partial charge in [-0.3, -0.25) is 0 Å². The molecule has 1 aliphatic carbocycles. The number of hydrogen-bond donors (Lipinski definition) is 2. The molecule has 1 fully saturated rings. The highest BCUT2D eigenvalue weighted by molar-refractivity contribution is 5.68. The first-order valence-electron chi connectivity index (χ1n) is 7.82. The fourth-order valence-corrected chi connectivity index (χ4v) is 2.64. The molecule has 4 heteroatoms. The molecule has 0 bridgehead atoms. The van der Waals surface area contributed by atoms with Crippen LogP contribution in [0.3, 0.4) is 0 Å². The average Bonchev–Trinajstić information content (AvgIpc) is 2.23. The fraction of sp³-hybridized carbons (Fsp3) is 0.938. The minimum atomic E-state index is -0.452. The van der Waals surface area contributed by atoms with Crippen molar-refractivity contribution in [1.29, 1.82) is 0 Å². The number of rotatable bonds is 4. The minimum absolute atomic E-state index is 0.303. The molecule has 118 valence electrons. The Hall–Kier alpha value is -0.770. The van der Waals surface area contributed by atoms with Crippen LogP contribution in [0.25, 0.3) is 0 Å². The molecule has 1 amide bonds. The average molecular weight is 284 g/mol. The predicted octanol–water partition coefficient (Wildman–Crippen LogP) is 3.46.